The molecule has 0 radical (unpaired) electrons. The van der Waals surface area contributed by atoms with Crippen molar-refractivity contribution in [2.24, 2.45) is 0 Å². The van der Waals surface area contributed by atoms with Gasteiger partial charge in [0, 0.05) is 13.1 Å². The van der Waals surface area contributed by atoms with Gasteiger partial charge in [0.25, 0.3) is 10.0 Å². The number of nitrogens with one attached hydrogen (secondary N) is 1. The Bertz CT molecular complexity index is 1400. The SMILES string of the molecule is CCCNC(=O)C(CC)N(Cc1ccc(Cl)c(Cl)c1)C(=O)CN(c1cccc(C)c1)S(=O)(=O)c1ccccc1. The minimum absolute atomic E-state index is 0.0425. The van der Waals surface area contributed by atoms with Crippen molar-refractivity contribution in [3.63, 3.8) is 0 Å². The summed E-state index contributed by atoms with van der Waals surface area (Å²) in [6.45, 7) is 5.60. The quantitative estimate of drug-likeness (QED) is 0.288. The molecule has 1 atom stereocenters. The van der Waals surface area contributed by atoms with Crippen LogP contribution in [0.15, 0.2) is 77.7 Å². The summed E-state index contributed by atoms with van der Waals surface area (Å²) in [5.41, 5.74) is 1.85. The van der Waals surface area contributed by atoms with Gasteiger partial charge < -0.3 is 10.2 Å². The number of hydrogen-bond donors (Lipinski definition) is 1. The van der Waals surface area contributed by atoms with Gasteiger partial charge in [-0.15, -0.1) is 0 Å². The number of anilines is 1. The zero-order valence-electron chi connectivity index (χ0n) is 22.2. The van der Waals surface area contributed by atoms with Crippen molar-refractivity contribution in [1.29, 1.82) is 0 Å². The lowest BCUT2D eigenvalue weighted by Gasteiger charge is -2.33. The number of carbonyl (C=O) groups is 2. The van der Waals surface area contributed by atoms with Crippen molar-refractivity contribution in [3.05, 3.63) is 94.0 Å². The number of halogens is 2. The number of rotatable bonds is 12. The minimum atomic E-state index is -4.10. The van der Waals surface area contributed by atoms with Gasteiger partial charge in [0.1, 0.15) is 12.6 Å². The number of hydrogen-bond acceptors (Lipinski definition) is 4. The Morgan fingerprint density at radius 1 is 0.923 bits per heavy atom. The molecule has 0 aromatic heterocycles. The molecule has 3 aromatic carbocycles. The fourth-order valence-electron chi connectivity index (χ4n) is 4.15. The van der Waals surface area contributed by atoms with Crippen molar-refractivity contribution >= 4 is 50.7 Å². The first-order valence-corrected chi connectivity index (χ1v) is 14.9. The van der Waals surface area contributed by atoms with Gasteiger partial charge in [-0.25, -0.2) is 8.42 Å². The monoisotopic (exact) mass is 589 g/mol. The molecule has 39 heavy (non-hydrogen) atoms. The van der Waals surface area contributed by atoms with Crippen LogP contribution in [0.3, 0.4) is 0 Å². The number of nitrogens with zero attached hydrogens (tertiary/aromatic N) is 2. The van der Waals surface area contributed by atoms with Crippen LogP contribution in [0.25, 0.3) is 0 Å². The van der Waals surface area contributed by atoms with Crippen LogP contribution in [0.5, 0.6) is 0 Å². The first kappa shape index (κ1) is 30.5. The smallest absolute Gasteiger partial charge is 0.264 e. The highest BCUT2D eigenvalue weighted by molar-refractivity contribution is 7.92. The number of aryl methyl sites for hydroxylation is 1. The van der Waals surface area contributed by atoms with E-state index in [1.54, 1.807) is 54.6 Å². The van der Waals surface area contributed by atoms with E-state index in [-0.39, 0.29) is 17.3 Å². The Balaban J connectivity index is 2.05. The second-order valence-electron chi connectivity index (χ2n) is 9.15. The Hall–Kier alpha value is -3.07. The lowest BCUT2D eigenvalue weighted by molar-refractivity contribution is -0.140. The summed E-state index contributed by atoms with van der Waals surface area (Å²) >= 11 is 12.3. The number of carbonyl (C=O) groups excluding carboxylic acids is 2. The number of benzene rings is 3. The van der Waals surface area contributed by atoms with E-state index in [9.17, 15) is 18.0 Å². The van der Waals surface area contributed by atoms with Gasteiger partial charge in [-0.05, 0) is 67.3 Å². The zero-order valence-corrected chi connectivity index (χ0v) is 24.6. The second-order valence-corrected chi connectivity index (χ2v) is 11.8. The molecule has 0 aliphatic carbocycles. The molecule has 0 saturated heterocycles. The number of sulfonamides is 1. The van der Waals surface area contributed by atoms with E-state index in [0.29, 0.717) is 34.3 Å². The summed E-state index contributed by atoms with van der Waals surface area (Å²) in [6, 6.07) is 19.1. The van der Waals surface area contributed by atoms with Crippen molar-refractivity contribution in [3.8, 4) is 0 Å². The molecule has 0 aliphatic rings. The molecule has 0 aliphatic heterocycles. The van der Waals surface area contributed by atoms with Crippen LogP contribution in [0.4, 0.5) is 5.69 Å². The number of amides is 2. The van der Waals surface area contributed by atoms with Gasteiger partial charge in [-0.1, -0.05) is 73.4 Å². The molecule has 1 N–H and O–H groups in total. The van der Waals surface area contributed by atoms with E-state index in [0.717, 1.165) is 16.3 Å². The third-order valence-corrected chi connectivity index (χ3v) is 8.70. The van der Waals surface area contributed by atoms with Crippen molar-refractivity contribution in [1.82, 2.24) is 10.2 Å². The van der Waals surface area contributed by atoms with E-state index in [4.69, 9.17) is 23.2 Å². The Morgan fingerprint density at radius 2 is 1.64 bits per heavy atom. The minimum Gasteiger partial charge on any atom is -0.354 e. The average molecular weight is 591 g/mol. The molecule has 0 heterocycles. The van der Waals surface area contributed by atoms with Gasteiger partial charge in [0.15, 0.2) is 0 Å². The van der Waals surface area contributed by atoms with Crippen LogP contribution in [0.1, 0.15) is 37.8 Å². The molecule has 208 valence electrons. The molecule has 3 rings (SSSR count). The summed E-state index contributed by atoms with van der Waals surface area (Å²) in [6.07, 6.45) is 1.07. The summed E-state index contributed by atoms with van der Waals surface area (Å²) in [5, 5.41) is 3.55. The van der Waals surface area contributed by atoms with E-state index < -0.39 is 28.5 Å². The standard InChI is InChI=1S/C29H33Cl2N3O4S/c1-4-16-32-29(36)27(5-2)33(19-22-14-15-25(30)26(31)18-22)28(35)20-34(23-11-9-10-21(3)17-23)39(37,38)24-12-7-6-8-13-24/h6-15,17-18,27H,4-5,16,19-20H2,1-3H3,(H,32,36). The van der Waals surface area contributed by atoms with E-state index >= 15 is 0 Å². The first-order chi connectivity index (χ1) is 18.6. The lowest BCUT2D eigenvalue weighted by atomic mass is 10.1. The maximum atomic E-state index is 14.0. The summed E-state index contributed by atoms with van der Waals surface area (Å²) < 4.78 is 28.7. The van der Waals surface area contributed by atoms with Crippen LogP contribution >= 0.6 is 23.2 Å². The maximum absolute atomic E-state index is 14.0. The van der Waals surface area contributed by atoms with Gasteiger partial charge in [-0.2, -0.15) is 0 Å². The van der Waals surface area contributed by atoms with Crippen LogP contribution in [0, 0.1) is 6.92 Å². The zero-order chi connectivity index (χ0) is 28.6. The van der Waals surface area contributed by atoms with Crippen LogP contribution < -0.4 is 9.62 Å². The van der Waals surface area contributed by atoms with Crippen molar-refractivity contribution < 1.29 is 18.0 Å². The third kappa shape index (κ3) is 7.75. The van der Waals surface area contributed by atoms with E-state index in [1.165, 1.54) is 17.0 Å². The topological polar surface area (TPSA) is 86.8 Å². The first-order valence-electron chi connectivity index (χ1n) is 12.7. The summed E-state index contributed by atoms with van der Waals surface area (Å²) in [4.78, 5) is 28.6. The average Bonchev–Trinajstić information content (AvgIpc) is 2.92. The fourth-order valence-corrected chi connectivity index (χ4v) is 5.90. The Morgan fingerprint density at radius 3 is 2.26 bits per heavy atom. The van der Waals surface area contributed by atoms with Crippen LogP contribution in [-0.2, 0) is 26.2 Å². The van der Waals surface area contributed by atoms with E-state index in [1.807, 2.05) is 26.8 Å². The fraction of sp³-hybridized carbons (Fsp3) is 0.310. The molecule has 0 spiro atoms. The predicted molar refractivity (Wildman–Crippen MR) is 157 cm³/mol. The van der Waals surface area contributed by atoms with Crippen LogP contribution in [0.2, 0.25) is 10.0 Å². The molecule has 0 fully saturated rings. The van der Waals surface area contributed by atoms with Gasteiger partial charge in [0.2, 0.25) is 11.8 Å². The predicted octanol–water partition coefficient (Wildman–Crippen LogP) is 5.83. The Labute approximate surface area is 240 Å². The van der Waals surface area contributed by atoms with Gasteiger partial charge in [0.05, 0.1) is 20.6 Å². The van der Waals surface area contributed by atoms with E-state index in [2.05, 4.69) is 5.32 Å². The summed E-state index contributed by atoms with van der Waals surface area (Å²) in [7, 11) is -4.10. The van der Waals surface area contributed by atoms with Gasteiger partial charge >= 0.3 is 0 Å². The molecule has 2 amide bonds. The normalized spacial score (nSPS) is 12.0. The third-order valence-electron chi connectivity index (χ3n) is 6.17. The molecular formula is C29H33Cl2N3O4S. The van der Waals surface area contributed by atoms with Crippen molar-refractivity contribution in [2.45, 2.75) is 51.1 Å². The molecule has 0 bridgehead atoms. The largest absolute Gasteiger partial charge is 0.354 e. The molecule has 0 saturated carbocycles. The highest BCUT2D eigenvalue weighted by atomic mass is 35.5. The highest BCUT2D eigenvalue weighted by Crippen LogP contribution is 2.27. The highest BCUT2D eigenvalue weighted by Gasteiger charge is 2.33. The summed E-state index contributed by atoms with van der Waals surface area (Å²) in [5.74, 6) is -0.832. The van der Waals surface area contributed by atoms with Crippen LogP contribution in [-0.4, -0.2) is 44.3 Å². The van der Waals surface area contributed by atoms with Crippen molar-refractivity contribution in [2.75, 3.05) is 17.4 Å². The lowest BCUT2D eigenvalue weighted by Crippen LogP contribution is -2.52. The second kappa shape index (κ2) is 13.8. The molecule has 3 aromatic rings. The molecule has 1 unspecified atom stereocenters. The molecular weight excluding hydrogens is 557 g/mol. The maximum Gasteiger partial charge on any atom is 0.264 e. The Kier molecular flexibility index (Phi) is 10.8. The molecule has 7 nitrogen and oxygen atoms in total. The van der Waals surface area contributed by atoms with Gasteiger partial charge in [-0.3, -0.25) is 13.9 Å². The molecule has 10 heteroatoms.